The first-order valence-corrected chi connectivity index (χ1v) is 8.14. The predicted octanol–water partition coefficient (Wildman–Crippen LogP) is 3.83. The van der Waals surface area contributed by atoms with Crippen LogP contribution in [0, 0.1) is 5.82 Å². The molecule has 0 spiro atoms. The Morgan fingerprint density at radius 1 is 1.00 bits per heavy atom. The largest absolute Gasteiger partial charge is 0.478 e. The molecule has 0 aliphatic heterocycles. The first kappa shape index (κ1) is 18.8. The molecule has 2 atom stereocenters. The van der Waals surface area contributed by atoms with Gasteiger partial charge in [0.15, 0.2) is 5.78 Å². The molecule has 0 radical (unpaired) electrons. The molecule has 132 valence electrons. The summed E-state index contributed by atoms with van der Waals surface area (Å²) >= 11 is 0. The summed E-state index contributed by atoms with van der Waals surface area (Å²) in [6, 6.07) is 11.7. The molecular formula is C20H22FNO3. The van der Waals surface area contributed by atoms with Crippen LogP contribution in [-0.2, 0) is 0 Å². The molecule has 2 aromatic rings. The molecule has 0 bridgehead atoms. The van der Waals surface area contributed by atoms with Gasteiger partial charge in [0.05, 0.1) is 11.6 Å². The number of hydrogen-bond acceptors (Lipinski definition) is 3. The maximum Gasteiger partial charge on any atom is 0.335 e. The molecule has 0 aliphatic carbocycles. The lowest BCUT2D eigenvalue weighted by atomic mass is 9.84. The van der Waals surface area contributed by atoms with Crippen molar-refractivity contribution < 1.29 is 19.1 Å². The molecule has 0 amide bonds. The highest BCUT2D eigenvalue weighted by atomic mass is 19.1. The van der Waals surface area contributed by atoms with Crippen LogP contribution in [0.1, 0.15) is 45.5 Å². The van der Waals surface area contributed by atoms with Crippen LogP contribution in [0.3, 0.4) is 0 Å². The van der Waals surface area contributed by atoms with Gasteiger partial charge in [0, 0.05) is 11.5 Å². The molecule has 0 heterocycles. The number of likely N-dealkylation sites (N-methyl/N-ethyl adjacent to an activating group) is 1. The van der Waals surface area contributed by atoms with Gasteiger partial charge in [-0.1, -0.05) is 19.1 Å². The Hall–Kier alpha value is -2.53. The zero-order valence-corrected chi connectivity index (χ0v) is 14.6. The van der Waals surface area contributed by atoms with Gasteiger partial charge in [-0.15, -0.1) is 0 Å². The van der Waals surface area contributed by atoms with Gasteiger partial charge in [-0.25, -0.2) is 9.18 Å². The Kier molecular flexibility index (Phi) is 6.04. The van der Waals surface area contributed by atoms with Crippen molar-refractivity contribution in [3.8, 4) is 0 Å². The number of benzene rings is 2. The number of rotatable bonds is 7. The van der Waals surface area contributed by atoms with Crippen LogP contribution in [-0.4, -0.2) is 41.9 Å². The minimum atomic E-state index is -0.980. The van der Waals surface area contributed by atoms with E-state index in [1.54, 1.807) is 24.3 Å². The van der Waals surface area contributed by atoms with Gasteiger partial charge < -0.3 is 5.11 Å². The lowest BCUT2D eigenvalue weighted by Gasteiger charge is -2.31. The first-order valence-electron chi connectivity index (χ1n) is 8.14. The van der Waals surface area contributed by atoms with E-state index in [-0.39, 0.29) is 23.1 Å². The molecule has 5 heteroatoms. The summed E-state index contributed by atoms with van der Waals surface area (Å²) in [6.45, 7) is 1.99. The van der Waals surface area contributed by atoms with E-state index in [0.29, 0.717) is 12.0 Å². The van der Waals surface area contributed by atoms with Crippen molar-refractivity contribution in [3.63, 3.8) is 0 Å². The number of carbonyl (C=O) groups is 2. The average Bonchev–Trinajstić information content (AvgIpc) is 2.59. The number of Topliss-reactive ketones (excluding diaryl/α,β-unsaturated/α-hetero) is 1. The molecule has 1 N–H and O–H groups in total. The number of carbonyl (C=O) groups excluding carboxylic acids is 1. The van der Waals surface area contributed by atoms with E-state index < -0.39 is 12.0 Å². The molecule has 2 aromatic carbocycles. The Morgan fingerprint density at radius 3 is 1.96 bits per heavy atom. The molecule has 0 aliphatic rings. The minimum absolute atomic E-state index is 0.0841. The summed E-state index contributed by atoms with van der Waals surface area (Å²) in [6.07, 6.45) is 0.711. The zero-order valence-electron chi connectivity index (χ0n) is 14.6. The van der Waals surface area contributed by atoms with E-state index >= 15 is 0 Å². The standard InChI is InChI=1S/C20H22FNO3/c1-4-17(13-5-7-15(8-6-13)20(24)25)18(22(2)3)19(23)14-9-11-16(21)12-10-14/h5-12,17-18H,4H2,1-3H3,(H,24,25). The van der Waals surface area contributed by atoms with Crippen LogP contribution in [0.2, 0.25) is 0 Å². The maximum absolute atomic E-state index is 13.1. The van der Waals surface area contributed by atoms with E-state index in [4.69, 9.17) is 5.11 Å². The fourth-order valence-corrected chi connectivity index (χ4v) is 3.08. The van der Waals surface area contributed by atoms with E-state index in [1.807, 2.05) is 25.9 Å². The fourth-order valence-electron chi connectivity index (χ4n) is 3.08. The molecule has 0 aromatic heterocycles. The average molecular weight is 343 g/mol. The molecule has 4 nitrogen and oxygen atoms in total. The quantitative estimate of drug-likeness (QED) is 0.776. The monoisotopic (exact) mass is 343 g/mol. The van der Waals surface area contributed by atoms with Crippen molar-refractivity contribution >= 4 is 11.8 Å². The smallest absolute Gasteiger partial charge is 0.335 e. The van der Waals surface area contributed by atoms with E-state index in [2.05, 4.69) is 0 Å². The minimum Gasteiger partial charge on any atom is -0.478 e. The van der Waals surface area contributed by atoms with Crippen LogP contribution in [0.25, 0.3) is 0 Å². The number of nitrogens with zero attached hydrogens (tertiary/aromatic N) is 1. The second-order valence-electron chi connectivity index (χ2n) is 6.22. The summed E-state index contributed by atoms with van der Waals surface area (Å²) in [5.74, 6) is -1.55. The summed E-state index contributed by atoms with van der Waals surface area (Å²) in [5.41, 5.74) is 1.58. The maximum atomic E-state index is 13.1. The summed E-state index contributed by atoms with van der Waals surface area (Å²) in [7, 11) is 3.67. The lowest BCUT2D eigenvalue weighted by Crippen LogP contribution is -2.41. The van der Waals surface area contributed by atoms with Crippen molar-refractivity contribution in [1.82, 2.24) is 4.90 Å². The number of carboxylic acids is 1. The third-order valence-electron chi connectivity index (χ3n) is 4.36. The van der Waals surface area contributed by atoms with Crippen molar-refractivity contribution in [2.75, 3.05) is 14.1 Å². The SMILES string of the molecule is CCC(c1ccc(C(=O)O)cc1)C(C(=O)c1ccc(F)cc1)N(C)C. The highest BCUT2D eigenvalue weighted by Gasteiger charge is 2.31. The molecule has 2 unspecified atom stereocenters. The van der Waals surface area contributed by atoms with Crippen LogP contribution in [0.5, 0.6) is 0 Å². The third-order valence-corrected chi connectivity index (χ3v) is 4.36. The normalized spacial score (nSPS) is 13.5. The highest BCUT2D eigenvalue weighted by Crippen LogP contribution is 2.29. The topological polar surface area (TPSA) is 57.6 Å². The Morgan fingerprint density at radius 2 is 1.52 bits per heavy atom. The van der Waals surface area contributed by atoms with Crippen LogP contribution in [0.4, 0.5) is 4.39 Å². The highest BCUT2D eigenvalue weighted by molar-refractivity contribution is 6.00. The van der Waals surface area contributed by atoms with Crippen molar-refractivity contribution in [1.29, 1.82) is 0 Å². The van der Waals surface area contributed by atoms with Gasteiger partial charge in [0.2, 0.25) is 0 Å². The zero-order chi connectivity index (χ0) is 18.6. The van der Waals surface area contributed by atoms with Gasteiger partial charge >= 0.3 is 5.97 Å². The predicted molar refractivity (Wildman–Crippen MR) is 94.6 cm³/mol. The van der Waals surface area contributed by atoms with Crippen molar-refractivity contribution in [2.45, 2.75) is 25.3 Å². The second kappa shape index (κ2) is 8.03. The van der Waals surface area contributed by atoms with Gasteiger partial charge in [-0.3, -0.25) is 9.69 Å². The lowest BCUT2D eigenvalue weighted by molar-refractivity contribution is 0.0696. The van der Waals surface area contributed by atoms with Gasteiger partial charge in [0.25, 0.3) is 0 Å². The van der Waals surface area contributed by atoms with Crippen LogP contribution >= 0.6 is 0 Å². The van der Waals surface area contributed by atoms with Crippen LogP contribution in [0.15, 0.2) is 48.5 Å². The fraction of sp³-hybridized carbons (Fsp3) is 0.300. The number of hydrogen-bond donors (Lipinski definition) is 1. The number of aromatic carboxylic acids is 1. The Bertz CT molecular complexity index is 739. The number of ketones is 1. The summed E-state index contributed by atoms with van der Waals surface area (Å²) in [4.78, 5) is 25.9. The number of carboxylic acid groups (broad SMARTS) is 1. The van der Waals surface area contributed by atoms with Gasteiger partial charge in [-0.05, 0) is 62.5 Å². The summed E-state index contributed by atoms with van der Waals surface area (Å²) < 4.78 is 13.1. The molecule has 0 saturated carbocycles. The number of halogens is 1. The van der Waals surface area contributed by atoms with E-state index in [0.717, 1.165) is 5.56 Å². The Balaban J connectivity index is 2.37. The molecular weight excluding hydrogens is 321 g/mol. The van der Waals surface area contributed by atoms with Gasteiger partial charge in [-0.2, -0.15) is 0 Å². The van der Waals surface area contributed by atoms with E-state index in [9.17, 15) is 14.0 Å². The van der Waals surface area contributed by atoms with Crippen LogP contribution < -0.4 is 0 Å². The second-order valence-corrected chi connectivity index (χ2v) is 6.22. The summed E-state index contributed by atoms with van der Waals surface area (Å²) in [5, 5.41) is 9.04. The third kappa shape index (κ3) is 4.31. The first-order chi connectivity index (χ1) is 11.8. The molecule has 25 heavy (non-hydrogen) atoms. The molecule has 0 saturated heterocycles. The molecule has 0 fully saturated rings. The Labute approximate surface area is 146 Å². The molecule has 2 rings (SSSR count). The van der Waals surface area contributed by atoms with Gasteiger partial charge in [0.1, 0.15) is 5.82 Å². The van der Waals surface area contributed by atoms with E-state index in [1.165, 1.54) is 24.3 Å². The van der Waals surface area contributed by atoms with Crippen molar-refractivity contribution in [2.24, 2.45) is 0 Å². The van der Waals surface area contributed by atoms with Crippen molar-refractivity contribution in [3.05, 3.63) is 71.0 Å².